The largest absolute Gasteiger partial charge is 0.207 e. The molecule has 0 aromatic heterocycles. The Hall–Kier alpha value is -2.07. The Morgan fingerprint density at radius 3 is 2.31 bits per heavy atom. The molecular formula is C28H35F. The molecule has 0 saturated heterocycles. The zero-order valence-electron chi connectivity index (χ0n) is 18.1. The number of rotatable bonds is 7. The van der Waals surface area contributed by atoms with Gasteiger partial charge in [-0.3, -0.25) is 0 Å². The zero-order chi connectivity index (χ0) is 20.5. The van der Waals surface area contributed by atoms with Crippen molar-refractivity contribution in [2.45, 2.75) is 84.0 Å². The predicted octanol–water partition coefficient (Wildman–Crippen LogP) is 7.84. The summed E-state index contributed by atoms with van der Waals surface area (Å²) in [5.74, 6) is 7.68. The minimum Gasteiger partial charge on any atom is -0.207 e. The van der Waals surface area contributed by atoms with Gasteiger partial charge in [0.25, 0.3) is 0 Å². The van der Waals surface area contributed by atoms with E-state index >= 15 is 0 Å². The summed E-state index contributed by atoms with van der Waals surface area (Å²) in [6.45, 7) is 4.40. The Kier molecular flexibility index (Phi) is 8.36. The predicted molar refractivity (Wildman–Crippen MR) is 122 cm³/mol. The Bertz CT molecular complexity index is 814. The lowest BCUT2D eigenvalue weighted by Gasteiger charge is -2.26. The van der Waals surface area contributed by atoms with Gasteiger partial charge in [0, 0.05) is 11.5 Å². The Morgan fingerprint density at radius 1 is 0.897 bits per heavy atom. The summed E-state index contributed by atoms with van der Waals surface area (Å²) in [5.41, 5.74) is 4.54. The van der Waals surface area contributed by atoms with Crippen molar-refractivity contribution >= 4 is 0 Å². The Balaban J connectivity index is 1.51. The van der Waals surface area contributed by atoms with Crippen molar-refractivity contribution in [1.29, 1.82) is 0 Å². The fraction of sp³-hybridized carbons (Fsp3) is 0.500. The van der Waals surface area contributed by atoms with Crippen LogP contribution in [-0.2, 0) is 12.8 Å². The molecule has 0 heterocycles. The van der Waals surface area contributed by atoms with Gasteiger partial charge in [-0.25, -0.2) is 4.39 Å². The van der Waals surface area contributed by atoms with Gasteiger partial charge in [0.2, 0.25) is 0 Å². The van der Waals surface area contributed by atoms with Crippen LogP contribution in [0, 0.1) is 23.6 Å². The van der Waals surface area contributed by atoms with Crippen LogP contribution in [0.1, 0.15) is 93.4 Å². The van der Waals surface area contributed by atoms with E-state index in [4.69, 9.17) is 0 Å². The summed E-state index contributed by atoms with van der Waals surface area (Å²) in [7, 11) is 0. The first-order valence-electron chi connectivity index (χ1n) is 11.6. The lowest BCUT2D eigenvalue weighted by Crippen LogP contribution is -2.12. The van der Waals surface area contributed by atoms with Crippen molar-refractivity contribution in [2.24, 2.45) is 5.92 Å². The molecule has 2 aromatic rings. The van der Waals surface area contributed by atoms with Crippen molar-refractivity contribution in [2.75, 3.05) is 0 Å². The third kappa shape index (κ3) is 6.46. The minimum atomic E-state index is -0.0902. The molecular weight excluding hydrogens is 355 g/mol. The van der Waals surface area contributed by atoms with Gasteiger partial charge in [-0.2, -0.15) is 0 Å². The topological polar surface area (TPSA) is 0 Å². The van der Waals surface area contributed by atoms with Crippen LogP contribution < -0.4 is 0 Å². The van der Waals surface area contributed by atoms with Gasteiger partial charge < -0.3 is 0 Å². The second-order valence-corrected chi connectivity index (χ2v) is 8.53. The molecule has 0 spiro atoms. The smallest absolute Gasteiger partial charge is 0.127 e. The van der Waals surface area contributed by atoms with Gasteiger partial charge in [0.1, 0.15) is 5.82 Å². The lowest BCUT2D eigenvalue weighted by molar-refractivity contribution is 0.384. The van der Waals surface area contributed by atoms with Crippen molar-refractivity contribution in [3.63, 3.8) is 0 Å². The first-order chi connectivity index (χ1) is 14.2. The van der Waals surface area contributed by atoms with Gasteiger partial charge in [-0.05, 0) is 79.7 Å². The highest BCUT2D eigenvalue weighted by Crippen LogP contribution is 2.35. The van der Waals surface area contributed by atoms with Crippen LogP contribution in [0.15, 0.2) is 42.5 Å². The van der Waals surface area contributed by atoms with Gasteiger partial charge in [0.05, 0.1) is 0 Å². The average Bonchev–Trinajstić information content (AvgIpc) is 2.77. The molecule has 2 aromatic carbocycles. The zero-order valence-corrected chi connectivity index (χ0v) is 18.1. The first-order valence-corrected chi connectivity index (χ1v) is 11.6. The van der Waals surface area contributed by atoms with Gasteiger partial charge in [-0.15, -0.1) is 0 Å². The highest BCUT2D eigenvalue weighted by molar-refractivity contribution is 5.37. The van der Waals surface area contributed by atoms with Crippen LogP contribution in [0.25, 0.3) is 0 Å². The molecule has 0 bridgehead atoms. The first kappa shape index (κ1) is 21.6. The van der Waals surface area contributed by atoms with E-state index in [0.717, 1.165) is 43.2 Å². The van der Waals surface area contributed by atoms with Gasteiger partial charge in [0.15, 0.2) is 0 Å². The fourth-order valence-corrected chi connectivity index (χ4v) is 4.35. The maximum absolute atomic E-state index is 14.4. The molecule has 0 aliphatic heterocycles. The molecule has 0 radical (unpaired) electrons. The molecule has 0 unspecified atom stereocenters. The van der Waals surface area contributed by atoms with Crippen LogP contribution >= 0.6 is 0 Å². The number of hydrogen-bond donors (Lipinski definition) is 0. The van der Waals surface area contributed by atoms with E-state index < -0.39 is 0 Å². The van der Waals surface area contributed by atoms with Crippen molar-refractivity contribution in [3.8, 4) is 11.8 Å². The molecule has 0 atom stereocenters. The molecule has 154 valence electrons. The summed E-state index contributed by atoms with van der Waals surface area (Å²) < 4.78 is 14.4. The second kappa shape index (κ2) is 11.2. The van der Waals surface area contributed by atoms with E-state index in [2.05, 4.69) is 50.0 Å². The van der Waals surface area contributed by atoms with Crippen LogP contribution in [0.2, 0.25) is 0 Å². The monoisotopic (exact) mass is 390 g/mol. The second-order valence-electron chi connectivity index (χ2n) is 8.53. The summed E-state index contributed by atoms with van der Waals surface area (Å²) in [4.78, 5) is 0. The molecule has 0 nitrogen and oxygen atoms in total. The van der Waals surface area contributed by atoms with E-state index in [1.165, 1.54) is 43.2 Å². The van der Waals surface area contributed by atoms with E-state index in [0.29, 0.717) is 11.8 Å². The summed E-state index contributed by atoms with van der Waals surface area (Å²) in [5, 5.41) is 0. The third-order valence-electron chi connectivity index (χ3n) is 6.36. The molecule has 1 heteroatoms. The van der Waals surface area contributed by atoms with E-state index in [1.54, 1.807) is 6.07 Å². The quantitative estimate of drug-likeness (QED) is 0.334. The van der Waals surface area contributed by atoms with Crippen LogP contribution in [-0.4, -0.2) is 0 Å². The molecule has 1 saturated carbocycles. The maximum atomic E-state index is 14.4. The number of unbranched alkanes of at least 4 members (excludes halogenated alkanes) is 3. The number of halogens is 1. The van der Waals surface area contributed by atoms with Gasteiger partial charge in [-0.1, -0.05) is 75.3 Å². The number of hydrogen-bond acceptors (Lipinski definition) is 0. The van der Waals surface area contributed by atoms with Crippen molar-refractivity contribution < 1.29 is 4.39 Å². The van der Waals surface area contributed by atoms with Crippen LogP contribution in [0.3, 0.4) is 0 Å². The van der Waals surface area contributed by atoms with E-state index in [1.807, 2.05) is 12.1 Å². The summed E-state index contributed by atoms with van der Waals surface area (Å²) in [6.07, 6.45) is 11.3. The number of benzene rings is 2. The van der Waals surface area contributed by atoms with Crippen molar-refractivity contribution in [3.05, 3.63) is 70.5 Å². The number of aryl methyl sites for hydroxylation is 2. The third-order valence-corrected chi connectivity index (χ3v) is 6.36. The molecule has 1 aliphatic carbocycles. The Labute approximate surface area is 176 Å². The minimum absolute atomic E-state index is 0.0902. The Morgan fingerprint density at radius 2 is 1.66 bits per heavy atom. The maximum Gasteiger partial charge on any atom is 0.127 e. The van der Waals surface area contributed by atoms with E-state index in [-0.39, 0.29) is 5.82 Å². The highest BCUT2D eigenvalue weighted by atomic mass is 19.1. The molecule has 1 aliphatic rings. The lowest BCUT2D eigenvalue weighted by atomic mass is 9.79. The molecule has 1 fully saturated rings. The van der Waals surface area contributed by atoms with Crippen molar-refractivity contribution in [1.82, 2.24) is 0 Å². The molecule has 29 heavy (non-hydrogen) atoms. The highest BCUT2D eigenvalue weighted by Gasteiger charge is 2.21. The fourth-order valence-electron chi connectivity index (χ4n) is 4.35. The molecule has 0 N–H and O–H groups in total. The SMILES string of the molecule is CCCCCCc1ccc(C#CC2CCC(c3ccc(CC)cc3)CC2)cc1F. The molecule has 0 amide bonds. The van der Waals surface area contributed by atoms with E-state index in [9.17, 15) is 4.39 Å². The standard InChI is InChI=1S/C28H35F/c1-3-5-6-7-8-27-20-15-24(21-28(27)29)10-9-23-13-18-26(19-14-23)25-16-11-22(4-2)12-17-25/h11-12,15-17,20-21,23,26H,3-8,13-14,18-19H2,1-2H3. The van der Waals surface area contributed by atoms with Crippen LogP contribution in [0.4, 0.5) is 4.39 Å². The molecule has 3 rings (SSSR count). The van der Waals surface area contributed by atoms with Gasteiger partial charge >= 0.3 is 0 Å². The van der Waals surface area contributed by atoms with Crippen LogP contribution in [0.5, 0.6) is 0 Å². The average molecular weight is 391 g/mol. The summed E-state index contributed by atoms with van der Waals surface area (Å²) >= 11 is 0. The summed E-state index contributed by atoms with van der Waals surface area (Å²) in [6, 6.07) is 14.7. The normalized spacial score (nSPS) is 18.9.